The van der Waals surface area contributed by atoms with Gasteiger partial charge in [0, 0.05) is 16.2 Å². The van der Waals surface area contributed by atoms with Crippen LogP contribution in [0.15, 0.2) is 28.7 Å². The highest BCUT2D eigenvalue weighted by Crippen LogP contribution is 2.19. The first kappa shape index (κ1) is 12.1. The standard InChI is InChI=1S/C12H13BrN2O2/c13-8-2-1-3-10(6-8)15-12(17)7-11(16)14-9-4-5-9/h1-3,6,9H,4-5,7H2,(H,14,16)(H,15,17). The quantitative estimate of drug-likeness (QED) is 0.836. The Bertz CT molecular complexity index is 444. The van der Waals surface area contributed by atoms with Crippen molar-refractivity contribution in [1.29, 1.82) is 0 Å². The molecule has 0 radical (unpaired) electrons. The predicted molar refractivity (Wildman–Crippen MR) is 68.6 cm³/mol. The van der Waals surface area contributed by atoms with Crippen LogP contribution in [-0.4, -0.2) is 17.9 Å². The first-order valence-corrected chi connectivity index (χ1v) is 6.27. The van der Waals surface area contributed by atoms with Crippen molar-refractivity contribution in [3.05, 3.63) is 28.7 Å². The van der Waals surface area contributed by atoms with E-state index < -0.39 is 0 Å². The average Bonchev–Trinajstić information content (AvgIpc) is 3.00. The van der Waals surface area contributed by atoms with E-state index in [1.165, 1.54) is 0 Å². The van der Waals surface area contributed by atoms with E-state index in [1.807, 2.05) is 12.1 Å². The van der Waals surface area contributed by atoms with Crippen LogP contribution in [0.25, 0.3) is 0 Å². The lowest BCUT2D eigenvalue weighted by Crippen LogP contribution is -2.29. The van der Waals surface area contributed by atoms with Gasteiger partial charge in [-0.15, -0.1) is 0 Å². The highest BCUT2D eigenvalue weighted by Gasteiger charge is 2.24. The molecule has 0 saturated heterocycles. The number of benzene rings is 1. The van der Waals surface area contributed by atoms with Gasteiger partial charge in [-0.05, 0) is 31.0 Å². The van der Waals surface area contributed by atoms with E-state index >= 15 is 0 Å². The molecule has 0 unspecified atom stereocenters. The molecule has 2 N–H and O–H groups in total. The average molecular weight is 297 g/mol. The van der Waals surface area contributed by atoms with Crippen molar-refractivity contribution in [2.45, 2.75) is 25.3 Å². The molecule has 0 heterocycles. The van der Waals surface area contributed by atoms with Crippen LogP contribution in [0.3, 0.4) is 0 Å². The normalized spacial score (nSPS) is 14.2. The Morgan fingerprint density at radius 3 is 2.71 bits per heavy atom. The number of anilines is 1. The molecule has 1 fully saturated rings. The van der Waals surface area contributed by atoms with Crippen molar-refractivity contribution in [3.63, 3.8) is 0 Å². The van der Waals surface area contributed by atoms with Crippen molar-refractivity contribution in [3.8, 4) is 0 Å². The second-order valence-electron chi connectivity index (χ2n) is 4.08. The van der Waals surface area contributed by atoms with E-state index in [9.17, 15) is 9.59 Å². The smallest absolute Gasteiger partial charge is 0.233 e. The second kappa shape index (κ2) is 5.31. The van der Waals surface area contributed by atoms with Crippen molar-refractivity contribution in [1.82, 2.24) is 5.32 Å². The van der Waals surface area contributed by atoms with Gasteiger partial charge in [0.15, 0.2) is 0 Å². The summed E-state index contributed by atoms with van der Waals surface area (Å²) in [6.07, 6.45) is 1.93. The van der Waals surface area contributed by atoms with E-state index in [0.29, 0.717) is 11.7 Å². The zero-order chi connectivity index (χ0) is 12.3. The zero-order valence-corrected chi connectivity index (χ0v) is 10.8. The van der Waals surface area contributed by atoms with E-state index in [-0.39, 0.29) is 18.2 Å². The van der Waals surface area contributed by atoms with Gasteiger partial charge in [-0.1, -0.05) is 22.0 Å². The molecule has 2 amide bonds. The van der Waals surface area contributed by atoms with Gasteiger partial charge in [0.1, 0.15) is 6.42 Å². The highest BCUT2D eigenvalue weighted by molar-refractivity contribution is 9.10. The summed E-state index contributed by atoms with van der Waals surface area (Å²) < 4.78 is 0.887. The summed E-state index contributed by atoms with van der Waals surface area (Å²) in [5.74, 6) is -0.499. The van der Waals surface area contributed by atoms with Crippen LogP contribution in [0.1, 0.15) is 19.3 Å². The van der Waals surface area contributed by atoms with Gasteiger partial charge < -0.3 is 10.6 Å². The van der Waals surface area contributed by atoms with Gasteiger partial charge in [0.2, 0.25) is 11.8 Å². The molecule has 0 bridgehead atoms. The summed E-state index contributed by atoms with van der Waals surface area (Å²) in [7, 11) is 0. The van der Waals surface area contributed by atoms with Crippen molar-refractivity contribution in [2.24, 2.45) is 0 Å². The monoisotopic (exact) mass is 296 g/mol. The number of carbonyl (C=O) groups is 2. The van der Waals surface area contributed by atoms with Crippen molar-refractivity contribution < 1.29 is 9.59 Å². The fourth-order valence-corrected chi connectivity index (χ4v) is 1.82. The molecular formula is C12H13BrN2O2. The molecule has 17 heavy (non-hydrogen) atoms. The first-order valence-electron chi connectivity index (χ1n) is 5.48. The predicted octanol–water partition coefficient (Wildman–Crippen LogP) is 2.06. The summed E-state index contributed by atoms with van der Waals surface area (Å²) in [5.41, 5.74) is 0.684. The fourth-order valence-electron chi connectivity index (χ4n) is 1.42. The summed E-state index contributed by atoms with van der Waals surface area (Å²) in [6.45, 7) is 0. The maximum atomic E-state index is 11.5. The largest absolute Gasteiger partial charge is 0.353 e. The molecular weight excluding hydrogens is 284 g/mol. The van der Waals surface area contributed by atoms with Gasteiger partial charge >= 0.3 is 0 Å². The number of halogens is 1. The minimum Gasteiger partial charge on any atom is -0.353 e. The Morgan fingerprint density at radius 1 is 1.29 bits per heavy atom. The molecule has 5 heteroatoms. The lowest BCUT2D eigenvalue weighted by atomic mass is 10.3. The second-order valence-corrected chi connectivity index (χ2v) is 4.99. The maximum absolute atomic E-state index is 11.5. The molecule has 4 nitrogen and oxygen atoms in total. The van der Waals surface area contributed by atoms with E-state index in [4.69, 9.17) is 0 Å². The van der Waals surface area contributed by atoms with Crippen LogP contribution in [0.2, 0.25) is 0 Å². The van der Waals surface area contributed by atoms with Crippen LogP contribution < -0.4 is 10.6 Å². The van der Waals surface area contributed by atoms with Crippen molar-refractivity contribution in [2.75, 3.05) is 5.32 Å². The van der Waals surface area contributed by atoms with Gasteiger partial charge in [0.05, 0.1) is 0 Å². The molecule has 1 aliphatic rings. The van der Waals surface area contributed by atoms with Crippen LogP contribution in [0, 0.1) is 0 Å². The fraction of sp³-hybridized carbons (Fsp3) is 0.333. The lowest BCUT2D eigenvalue weighted by Gasteiger charge is -2.06. The Kier molecular flexibility index (Phi) is 3.78. The molecule has 2 rings (SSSR count). The van der Waals surface area contributed by atoms with Crippen molar-refractivity contribution >= 4 is 33.4 Å². The minimum atomic E-state index is -0.291. The summed E-state index contributed by atoms with van der Waals surface area (Å²) >= 11 is 3.31. The third-order valence-corrected chi connectivity index (χ3v) is 2.87. The molecule has 0 aromatic heterocycles. The summed E-state index contributed by atoms with van der Waals surface area (Å²) in [6, 6.07) is 7.55. The number of rotatable bonds is 4. The maximum Gasteiger partial charge on any atom is 0.233 e. The number of hydrogen-bond acceptors (Lipinski definition) is 2. The van der Waals surface area contributed by atoms with E-state index in [0.717, 1.165) is 17.3 Å². The van der Waals surface area contributed by atoms with Crippen LogP contribution in [-0.2, 0) is 9.59 Å². The van der Waals surface area contributed by atoms with Crippen LogP contribution >= 0.6 is 15.9 Å². The van der Waals surface area contributed by atoms with Gasteiger partial charge in [0.25, 0.3) is 0 Å². The number of nitrogens with one attached hydrogen (secondary N) is 2. The number of carbonyl (C=O) groups excluding carboxylic acids is 2. The first-order chi connectivity index (χ1) is 8.13. The lowest BCUT2D eigenvalue weighted by molar-refractivity contribution is -0.126. The highest BCUT2D eigenvalue weighted by atomic mass is 79.9. The molecule has 1 saturated carbocycles. The molecule has 0 aliphatic heterocycles. The van der Waals surface area contributed by atoms with Gasteiger partial charge in [-0.2, -0.15) is 0 Å². The van der Waals surface area contributed by atoms with Crippen LogP contribution in [0.5, 0.6) is 0 Å². The topological polar surface area (TPSA) is 58.2 Å². The summed E-state index contributed by atoms with van der Waals surface area (Å²) in [5, 5.41) is 5.45. The van der Waals surface area contributed by atoms with E-state index in [1.54, 1.807) is 12.1 Å². The Morgan fingerprint density at radius 2 is 2.06 bits per heavy atom. The number of hydrogen-bond donors (Lipinski definition) is 2. The summed E-state index contributed by atoms with van der Waals surface area (Å²) in [4.78, 5) is 22.9. The number of amides is 2. The third kappa shape index (κ3) is 4.19. The van der Waals surface area contributed by atoms with Crippen LogP contribution in [0.4, 0.5) is 5.69 Å². The molecule has 1 aromatic rings. The zero-order valence-electron chi connectivity index (χ0n) is 9.20. The third-order valence-electron chi connectivity index (χ3n) is 2.37. The van der Waals surface area contributed by atoms with E-state index in [2.05, 4.69) is 26.6 Å². The molecule has 1 aromatic carbocycles. The van der Waals surface area contributed by atoms with Gasteiger partial charge in [-0.3, -0.25) is 9.59 Å². The molecule has 0 atom stereocenters. The Labute approximate surface area is 108 Å². The molecule has 1 aliphatic carbocycles. The SMILES string of the molecule is O=C(CC(=O)NC1CC1)Nc1cccc(Br)c1. The molecule has 90 valence electrons. The Hall–Kier alpha value is -1.36. The Balaban J connectivity index is 1.81. The minimum absolute atomic E-state index is 0.122. The molecule has 0 spiro atoms. The van der Waals surface area contributed by atoms with Gasteiger partial charge in [-0.25, -0.2) is 0 Å².